The number of piperidine rings is 1. The van der Waals surface area contributed by atoms with Crippen LogP contribution in [0.15, 0.2) is 84.9 Å². The third kappa shape index (κ3) is 4.58. The minimum Gasteiger partial charge on any atom is -0.497 e. The van der Waals surface area contributed by atoms with E-state index in [1.807, 2.05) is 18.2 Å². The minimum atomic E-state index is -1.27. The lowest BCUT2D eigenvalue weighted by Crippen LogP contribution is -2.56. The van der Waals surface area contributed by atoms with Crippen LogP contribution in [0.1, 0.15) is 40.6 Å². The second-order valence-electron chi connectivity index (χ2n) is 10.00. The van der Waals surface area contributed by atoms with Crippen LogP contribution in [0.2, 0.25) is 10.0 Å². The molecular weight excluding hydrogens is 559 g/mol. The Morgan fingerprint density at radius 3 is 2.41 bits per heavy atom. The first-order chi connectivity index (χ1) is 19.8. The fourth-order valence-corrected chi connectivity index (χ4v) is 6.37. The Morgan fingerprint density at radius 1 is 0.927 bits per heavy atom. The quantitative estimate of drug-likeness (QED) is 0.248. The van der Waals surface area contributed by atoms with Crippen LogP contribution >= 0.6 is 23.2 Å². The van der Waals surface area contributed by atoms with Gasteiger partial charge in [-0.25, -0.2) is 0 Å². The number of hydrogen-bond acceptors (Lipinski definition) is 4. The first-order valence-electron chi connectivity index (χ1n) is 12.9. The van der Waals surface area contributed by atoms with E-state index in [1.54, 1.807) is 73.8 Å². The number of amides is 2. The van der Waals surface area contributed by atoms with Crippen molar-refractivity contribution >= 4 is 40.7 Å². The van der Waals surface area contributed by atoms with E-state index < -0.39 is 17.4 Å². The molecule has 4 aromatic rings. The Bertz CT molecular complexity index is 1730. The van der Waals surface area contributed by atoms with Crippen molar-refractivity contribution in [2.45, 2.75) is 23.8 Å². The molecule has 1 saturated heterocycles. The minimum absolute atomic E-state index is 0.0653. The van der Waals surface area contributed by atoms with Gasteiger partial charge in [0.05, 0.1) is 13.2 Å². The summed E-state index contributed by atoms with van der Waals surface area (Å²) in [6.07, 6.45) is 5.88. The number of nitrogens with one attached hydrogen (secondary N) is 2. The van der Waals surface area contributed by atoms with Crippen LogP contribution in [0.4, 0.5) is 5.69 Å². The third-order valence-corrected chi connectivity index (χ3v) is 8.25. The largest absolute Gasteiger partial charge is 0.497 e. The number of ether oxygens (including phenoxy) is 2. The summed E-state index contributed by atoms with van der Waals surface area (Å²) in [5, 5.41) is 7.15. The molecule has 2 aliphatic heterocycles. The van der Waals surface area contributed by atoms with Crippen LogP contribution in [0.3, 0.4) is 0 Å². The van der Waals surface area contributed by atoms with Gasteiger partial charge in [0.2, 0.25) is 11.8 Å². The maximum atomic E-state index is 14.3. The van der Waals surface area contributed by atoms with Crippen molar-refractivity contribution in [1.82, 2.24) is 5.32 Å². The van der Waals surface area contributed by atoms with Gasteiger partial charge in [-0.1, -0.05) is 47.3 Å². The highest BCUT2D eigenvalue weighted by Gasteiger charge is 2.61. The molecular formula is C33H24Cl2N2O4. The molecule has 2 heterocycles. The number of anilines is 1. The van der Waals surface area contributed by atoms with Gasteiger partial charge in [0.15, 0.2) is 0 Å². The fraction of sp³-hybridized carbons (Fsp3) is 0.152. The van der Waals surface area contributed by atoms with E-state index in [1.165, 1.54) is 0 Å². The molecule has 0 aliphatic carbocycles. The molecule has 0 radical (unpaired) electrons. The predicted molar refractivity (Wildman–Crippen MR) is 159 cm³/mol. The van der Waals surface area contributed by atoms with Gasteiger partial charge in [-0.2, -0.15) is 0 Å². The van der Waals surface area contributed by atoms with E-state index in [9.17, 15) is 9.59 Å². The van der Waals surface area contributed by atoms with Crippen molar-refractivity contribution in [3.05, 3.63) is 117 Å². The molecule has 0 saturated carbocycles. The maximum absolute atomic E-state index is 14.3. The van der Waals surface area contributed by atoms with E-state index in [0.717, 1.165) is 5.56 Å². The Morgan fingerprint density at radius 2 is 1.68 bits per heavy atom. The molecule has 6 rings (SSSR count). The normalized spacial score (nSPS) is 21.0. The van der Waals surface area contributed by atoms with Gasteiger partial charge in [0.25, 0.3) is 0 Å². The molecule has 41 heavy (non-hydrogen) atoms. The van der Waals surface area contributed by atoms with Crippen LogP contribution in [-0.2, 0) is 15.0 Å². The zero-order chi connectivity index (χ0) is 28.7. The van der Waals surface area contributed by atoms with Crippen LogP contribution in [0.5, 0.6) is 17.2 Å². The summed E-state index contributed by atoms with van der Waals surface area (Å²) in [5.41, 5.74) is 1.93. The molecule has 3 atom stereocenters. The number of carbonyl (C=O) groups is 2. The van der Waals surface area contributed by atoms with E-state index >= 15 is 0 Å². The lowest BCUT2D eigenvalue weighted by atomic mass is 9.59. The molecule has 0 unspecified atom stereocenters. The first kappa shape index (κ1) is 26.8. The number of halogens is 2. The number of fused-ring (bicyclic) bond motifs is 2. The Balaban J connectivity index is 1.59. The van der Waals surface area contributed by atoms with Gasteiger partial charge < -0.3 is 20.1 Å². The number of terminal acetylenes is 1. The number of methoxy groups -OCH3 is 1. The third-order valence-electron chi connectivity index (χ3n) is 7.78. The van der Waals surface area contributed by atoms with Crippen molar-refractivity contribution in [3.63, 3.8) is 0 Å². The topological polar surface area (TPSA) is 76.7 Å². The van der Waals surface area contributed by atoms with Crippen LogP contribution < -0.4 is 20.1 Å². The Kier molecular flexibility index (Phi) is 6.86. The monoisotopic (exact) mass is 582 g/mol. The van der Waals surface area contributed by atoms with Crippen LogP contribution in [0, 0.1) is 12.3 Å². The summed E-state index contributed by atoms with van der Waals surface area (Å²) >= 11 is 12.7. The average Bonchev–Trinajstić information content (AvgIpc) is 3.25. The molecule has 4 aromatic carbocycles. The van der Waals surface area contributed by atoms with Crippen molar-refractivity contribution in [3.8, 4) is 29.6 Å². The summed E-state index contributed by atoms with van der Waals surface area (Å²) in [7, 11) is 1.59. The van der Waals surface area contributed by atoms with Crippen LogP contribution in [-0.4, -0.2) is 18.9 Å². The molecule has 1 spiro atoms. The molecule has 0 bridgehead atoms. The number of rotatable bonds is 5. The summed E-state index contributed by atoms with van der Waals surface area (Å²) < 4.78 is 11.6. The second-order valence-corrected chi connectivity index (χ2v) is 10.9. The van der Waals surface area contributed by atoms with E-state index in [-0.39, 0.29) is 18.2 Å². The highest BCUT2D eigenvalue weighted by atomic mass is 35.5. The van der Waals surface area contributed by atoms with Gasteiger partial charge in [-0.3, -0.25) is 9.59 Å². The van der Waals surface area contributed by atoms with E-state index in [4.69, 9.17) is 39.1 Å². The predicted octanol–water partition coefficient (Wildman–Crippen LogP) is 7.01. The SMILES string of the molecule is C#Cc1ccc(Oc2ccc(OC)cc2)c([C@H]2NC(=O)C[C@@H](c3cccc(Cl)c3)[C@]23C(=O)Nc2cc(Cl)ccc23)c1. The molecule has 8 heteroatoms. The number of benzene rings is 4. The fourth-order valence-electron chi connectivity index (χ4n) is 6.00. The molecule has 204 valence electrons. The van der Waals surface area contributed by atoms with Gasteiger partial charge in [-0.05, 0) is 77.9 Å². The highest BCUT2D eigenvalue weighted by molar-refractivity contribution is 6.31. The maximum Gasteiger partial charge on any atom is 0.238 e. The summed E-state index contributed by atoms with van der Waals surface area (Å²) in [4.78, 5) is 27.8. The smallest absolute Gasteiger partial charge is 0.238 e. The van der Waals surface area contributed by atoms with Crippen molar-refractivity contribution in [1.29, 1.82) is 0 Å². The van der Waals surface area contributed by atoms with Crippen molar-refractivity contribution < 1.29 is 19.1 Å². The van der Waals surface area contributed by atoms with Gasteiger partial charge in [0.1, 0.15) is 22.7 Å². The zero-order valence-corrected chi connectivity index (χ0v) is 23.4. The van der Waals surface area contributed by atoms with Gasteiger partial charge in [0, 0.05) is 39.2 Å². The highest BCUT2D eigenvalue weighted by Crippen LogP contribution is 2.58. The summed E-state index contributed by atoms with van der Waals surface area (Å²) in [6.45, 7) is 0. The number of hydrogen-bond donors (Lipinski definition) is 2. The summed E-state index contributed by atoms with van der Waals surface area (Å²) in [5.74, 6) is 3.29. The molecule has 6 nitrogen and oxygen atoms in total. The second kappa shape index (κ2) is 10.5. The average molecular weight is 583 g/mol. The van der Waals surface area contributed by atoms with Crippen LogP contribution in [0.25, 0.3) is 0 Å². The lowest BCUT2D eigenvalue weighted by molar-refractivity contribution is -0.131. The first-order valence-corrected chi connectivity index (χ1v) is 13.7. The lowest BCUT2D eigenvalue weighted by Gasteiger charge is -2.46. The van der Waals surface area contributed by atoms with Gasteiger partial charge in [-0.15, -0.1) is 6.42 Å². The van der Waals surface area contributed by atoms with Gasteiger partial charge >= 0.3 is 0 Å². The standard InChI is InChI=1S/C33H24Cl2N2O4/c1-3-19-7-14-29(41-24-11-9-23(40-2)10-12-24)25(15-19)31-33(26-13-8-22(35)17-28(26)36-32(33)39)27(18-30(38)37-31)20-5-4-6-21(34)16-20/h1,4-17,27,31H,18H2,2H3,(H,36,39)(H,37,38)/t27-,31+,33-/m0/s1. The zero-order valence-electron chi connectivity index (χ0n) is 21.9. The molecule has 2 amide bonds. The Hall–Kier alpha value is -4.44. The molecule has 0 aromatic heterocycles. The molecule has 2 aliphatic rings. The Labute approximate surface area is 247 Å². The molecule has 1 fully saturated rings. The number of carbonyl (C=O) groups excluding carboxylic acids is 2. The van der Waals surface area contributed by atoms with E-state index in [0.29, 0.717) is 49.7 Å². The van der Waals surface area contributed by atoms with Crippen molar-refractivity contribution in [2.75, 3.05) is 12.4 Å². The molecule has 2 N–H and O–H groups in total. The van der Waals surface area contributed by atoms with Crippen molar-refractivity contribution in [2.24, 2.45) is 0 Å². The van der Waals surface area contributed by atoms with E-state index in [2.05, 4.69) is 16.6 Å². The summed E-state index contributed by atoms with van der Waals surface area (Å²) in [6, 6.07) is 24.2.